The number of amides is 1. The van der Waals surface area contributed by atoms with Gasteiger partial charge in [0.2, 0.25) is 5.78 Å². The highest BCUT2D eigenvalue weighted by Gasteiger charge is 2.41. The Labute approximate surface area is 159 Å². The molecule has 2 saturated heterocycles. The Balaban J connectivity index is 1.74. The summed E-state index contributed by atoms with van der Waals surface area (Å²) in [5.41, 5.74) is -0.0511. The fraction of sp³-hybridized carbons (Fsp3) is 0.700. The van der Waals surface area contributed by atoms with E-state index in [0.717, 1.165) is 45.6 Å². The van der Waals surface area contributed by atoms with Gasteiger partial charge in [-0.05, 0) is 30.7 Å². The molecule has 2 aliphatic heterocycles. The lowest BCUT2D eigenvalue weighted by molar-refractivity contribution is 0.0123. The molecule has 2 fully saturated rings. The van der Waals surface area contributed by atoms with Crippen molar-refractivity contribution in [2.24, 2.45) is 17.9 Å². The van der Waals surface area contributed by atoms with Gasteiger partial charge in [0.25, 0.3) is 5.91 Å². The number of carbonyl (C=O) groups excluding carboxylic acids is 2. The molecule has 1 aromatic heterocycles. The number of ketones is 1. The molecule has 0 saturated carbocycles. The summed E-state index contributed by atoms with van der Waals surface area (Å²) >= 11 is 0. The van der Waals surface area contributed by atoms with Crippen LogP contribution in [0.3, 0.4) is 0 Å². The van der Waals surface area contributed by atoms with Crippen LogP contribution in [0.2, 0.25) is 0 Å². The molecular formula is C20H30N2O5. The van der Waals surface area contributed by atoms with E-state index in [4.69, 9.17) is 4.74 Å². The molecule has 7 nitrogen and oxygen atoms in total. The summed E-state index contributed by atoms with van der Waals surface area (Å²) in [5, 5.41) is 19.7. The van der Waals surface area contributed by atoms with Crippen LogP contribution in [0, 0.1) is 10.8 Å². The van der Waals surface area contributed by atoms with Gasteiger partial charge in [-0.15, -0.1) is 0 Å². The topological polar surface area (TPSA) is 92.0 Å². The zero-order valence-electron chi connectivity index (χ0n) is 16.4. The third-order valence-corrected chi connectivity index (χ3v) is 6.18. The Kier molecular flexibility index (Phi) is 5.47. The molecule has 0 aliphatic carbocycles. The quantitative estimate of drug-likeness (QED) is 0.752. The SMILES string of the molecule is Cn1cc(C(=O)N2CCC3(CCOCC3)C2)cc1C(=O)C(O)C(C)(C)CO. The van der Waals surface area contributed by atoms with Gasteiger partial charge in [0, 0.05) is 45.0 Å². The second-order valence-electron chi connectivity index (χ2n) is 8.73. The predicted molar refractivity (Wildman–Crippen MR) is 99.6 cm³/mol. The third-order valence-electron chi connectivity index (χ3n) is 6.18. The molecule has 2 aliphatic rings. The molecule has 3 rings (SSSR count). The molecule has 7 heteroatoms. The van der Waals surface area contributed by atoms with Gasteiger partial charge in [-0.3, -0.25) is 9.59 Å². The number of aromatic nitrogens is 1. The van der Waals surface area contributed by atoms with Crippen molar-refractivity contribution in [1.29, 1.82) is 0 Å². The molecule has 1 unspecified atom stereocenters. The number of carbonyl (C=O) groups is 2. The summed E-state index contributed by atoms with van der Waals surface area (Å²) < 4.78 is 7.03. The minimum absolute atomic E-state index is 0.0797. The number of nitrogens with zero attached hydrogens (tertiary/aromatic N) is 2. The minimum Gasteiger partial charge on any atom is -0.396 e. The van der Waals surface area contributed by atoms with Gasteiger partial charge in [0.15, 0.2) is 0 Å². The summed E-state index contributed by atoms with van der Waals surface area (Å²) in [6.45, 7) is 5.90. The fourth-order valence-electron chi connectivity index (χ4n) is 4.01. The van der Waals surface area contributed by atoms with Crippen LogP contribution in [0.5, 0.6) is 0 Å². The van der Waals surface area contributed by atoms with E-state index >= 15 is 0 Å². The smallest absolute Gasteiger partial charge is 0.255 e. The summed E-state index contributed by atoms with van der Waals surface area (Å²) in [4.78, 5) is 27.5. The highest BCUT2D eigenvalue weighted by Crippen LogP contribution is 2.40. The normalized spacial score (nSPS) is 20.9. The van der Waals surface area contributed by atoms with E-state index in [1.54, 1.807) is 37.7 Å². The first-order chi connectivity index (χ1) is 12.7. The Morgan fingerprint density at radius 1 is 1.30 bits per heavy atom. The van der Waals surface area contributed by atoms with Gasteiger partial charge in [0.1, 0.15) is 6.10 Å². The van der Waals surface area contributed by atoms with Gasteiger partial charge >= 0.3 is 0 Å². The number of hydrogen-bond donors (Lipinski definition) is 2. The molecule has 2 N–H and O–H groups in total. The number of aliphatic hydroxyl groups excluding tert-OH is 2. The van der Waals surface area contributed by atoms with Gasteiger partial charge < -0.3 is 24.4 Å². The maximum absolute atomic E-state index is 13.0. The molecule has 1 spiro atoms. The first-order valence-corrected chi connectivity index (χ1v) is 9.56. The van der Waals surface area contributed by atoms with Gasteiger partial charge in [-0.25, -0.2) is 0 Å². The van der Waals surface area contributed by atoms with Crippen LogP contribution in [0.1, 0.15) is 54.0 Å². The van der Waals surface area contributed by atoms with Crippen molar-refractivity contribution in [3.8, 4) is 0 Å². The Morgan fingerprint density at radius 2 is 1.96 bits per heavy atom. The van der Waals surface area contributed by atoms with E-state index in [2.05, 4.69) is 0 Å². The molecule has 0 aromatic carbocycles. The molecule has 27 heavy (non-hydrogen) atoms. The van der Waals surface area contributed by atoms with E-state index in [1.165, 1.54) is 0 Å². The maximum Gasteiger partial charge on any atom is 0.255 e. The second kappa shape index (κ2) is 7.37. The summed E-state index contributed by atoms with van der Waals surface area (Å²) in [6.07, 6.45) is 3.26. The summed E-state index contributed by atoms with van der Waals surface area (Å²) in [6, 6.07) is 1.55. The first-order valence-electron chi connectivity index (χ1n) is 9.56. The van der Waals surface area contributed by atoms with E-state index < -0.39 is 17.3 Å². The van der Waals surface area contributed by atoms with E-state index in [0.29, 0.717) is 5.56 Å². The Morgan fingerprint density at radius 3 is 2.59 bits per heavy atom. The van der Waals surface area contributed by atoms with Crippen molar-refractivity contribution in [2.75, 3.05) is 32.9 Å². The van der Waals surface area contributed by atoms with Crippen LogP contribution in [-0.4, -0.2) is 70.4 Å². The monoisotopic (exact) mass is 378 g/mol. The number of aryl methyl sites for hydroxylation is 1. The zero-order chi connectivity index (χ0) is 19.8. The van der Waals surface area contributed by atoms with E-state index in [1.807, 2.05) is 4.90 Å². The lowest BCUT2D eigenvalue weighted by Crippen LogP contribution is -2.39. The van der Waals surface area contributed by atoms with Crippen molar-refractivity contribution in [3.63, 3.8) is 0 Å². The second-order valence-corrected chi connectivity index (χ2v) is 8.73. The summed E-state index contributed by atoms with van der Waals surface area (Å²) in [5.74, 6) is -0.568. The Bertz CT molecular complexity index is 718. The van der Waals surface area contributed by atoms with Crippen molar-refractivity contribution >= 4 is 11.7 Å². The minimum atomic E-state index is -1.34. The van der Waals surface area contributed by atoms with E-state index in [-0.39, 0.29) is 23.6 Å². The Hall–Kier alpha value is -1.70. The number of likely N-dealkylation sites (tertiary alicyclic amines) is 1. The van der Waals surface area contributed by atoms with Crippen LogP contribution in [0.25, 0.3) is 0 Å². The number of ether oxygens (including phenoxy) is 1. The van der Waals surface area contributed by atoms with Crippen LogP contribution >= 0.6 is 0 Å². The molecule has 1 amide bonds. The highest BCUT2D eigenvalue weighted by molar-refractivity contribution is 6.02. The molecular weight excluding hydrogens is 348 g/mol. The van der Waals surface area contributed by atoms with Gasteiger partial charge in [-0.2, -0.15) is 0 Å². The molecule has 1 aromatic rings. The number of rotatable bonds is 5. The number of aliphatic hydroxyl groups is 2. The van der Waals surface area contributed by atoms with Gasteiger partial charge in [0.05, 0.1) is 17.9 Å². The van der Waals surface area contributed by atoms with Crippen LogP contribution in [0.15, 0.2) is 12.3 Å². The van der Waals surface area contributed by atoms with Crippen LogP contribution in [0.4, 0.5) is 0 Å². The van der Waals surface area contributed by atoms with E-state index in [9.17, 15) is 19.8 Å². The van der Waals surface area contributed by atoms with Crippen molar-refractivity contribution in [1.82, 2.24) is 9.47 Å². The fourth-order valence-corrected chi connectivity index (χ4v) is 4.01. The standard InChI is InChI=1S/C20H30N2O5/c1-19(2,13-23)17(25)16(24)15-10-14(11-21(15)3)18(26)22-7-4-20(12-22)5-8-27-9-6-20/h10-11,17,23,25H,4-9,12-13H2,1-3H3. The van der Waals surface area contributed by atoms with Crippen molar-refractivity contribution < 1.29 is 24.5 Å². The van der Waals surface area contributed by atoms with Crippen molar-refractivity contribution in [2.45, 2.75) is 39.2 Å². The van der Waals surface area contributed by atoms with Crippen LogP contribution in [-0.2, 0) is 11.8 Å². The lowest BCUT2D eigenvalue weighted by Gasteiger charge is -2.33. The van der Waals surface area contributed by atoms with Gasteiger partial charge in [-0.1, -0.05) is 13.8 Å². The predicted octanol–water partition coefficient (Wildman–Crippen LogP) is 1.23. The molecule has 0 bridgehead atoms. The molecule has 3 heterocycles. The average molecular weight is 378 g/mol. The zero-order valence-corrected chi connectivity index (χ0v) is 16.4. The molecule has 0 radical (unpaired) electrons. The molecule has 150 valence electrons. The van der Waals surface area contributed by atoms with Crippen LogP contribution < -0.4 is 0 Å². The average Bonchev–Trinajstić information content (AvgIpc) is 3.24. The molecule has 1 atom stereocenters. The maximum atomic E-state index is 13.0. The number of hydrogen-bond acceptors (Lipinski definition) is 5. The van der Waals surface area contributed by atoms with Crippen molar-refractivity contribution in [3.05, 3.63) is 23.5 Å². The highest BCUT2D eigenvalue weighted by atomic mass is 16.5. The first kappa shape index (κ1) is 20.0. The lowest BCUT2D eigenvalue weighted by atomic mass is 9.80. The number of Topliss-reactive ketones (excluding diaryl/α,β-unsaturated/α-hetero) is 1. The third kappa shape index (κ3) is 3.81. The largest absolute Gasteiger partial charge is 0.396 e. The summed E-state index contributed by atoms with van der Waals surface area (Å²) in [7, 11) is 1.69.